The number of rotatable bonds is 7. The molecule has 10 nitrogen and oxygen atoms in total. The second kappa shape index (κ2) is 9.13. The lowest BCUT2D eigenvalue weighted by atomic mass is 9.81. The highest BCUT2D eigenvalue weighted by Gasteiger charge is 2.66. The number of benzene rings is 1. The molecule has 1 heterocycles. The number of ether oxygens (including phenoxy) is 1. The second-order valence-electron chi connectivity index (χ2n) is 8.55. The Morgan fingerprint density at radius 3 is 2.36 bits per heavy atom. The molecule has 2 bridgehead atoms. The minimum Gasteiger partial charge on any atom is -0.456 e. The Bertz CT molecular complexity index is 1020. The van der Waals surface area contributed by atoms with E-state index in [0.29, 0.717) is 5.56 Å². The SMILES string of the molecule is Cc1ccc(NC(=O)COC(=O)CCN2C(=O)[C@@H]3[C@H]4C[C@@H]([C@@H](Br)[C@H]4Br)[C@H]3C2=O)cc1[N+](=O)[O-]. The summed E-state index contributed by atoms with van der Waals surface area (Å²) >= 11 is 7.25. The van der Waals surface area contributed by atoms with Crippen LogP contribution in [-0.2, 0) is 23.9 Å². The number of carbonyl (C=O) groups excluding carboxylic acids is 4. The number of nitrogens with zero attached hydrogens (tertiary/aromatic N) is 2. The predicted molar refractivity (Wildman–Crippen MR) is 123 cm³/mol. The summed E-state index contributed by atoms with van der Waals surface area (Å²) in [5.74, 6) is -2.37. The number of carbonyl (C=O) groups is 4. The summed E-state index contributed by atoms with van der Waals surface area (Å²) in [4.78, 5) is 61.7. The zero-order valence-electron chi connectivity index (χ0n) is 17.5. The topological polar surface area (TPSA) is 136 Å². The molecule has 3 fully saturated rings. The van der Waals surface area contributed by atoms with Gasteiger partial charge in [0.2, 0.25) is 11.8 Å². The van der Waals surface area contributed by atoms with Gasteiger partial charge in [-0.1, -0.05) is 37.9 Å². The number of alkyl halides is 2. The van der Waals surface area contributed by atoms with Crippen molar-refractivity contribution in [2.24, 2.45) is 23.7 Å². The average Bonchev–Trinajstić information content (AvgIpc) is 3.37. The number of imide groups is 1. The van der Waals surface area contributed by atoms with Gasteiger partial charge in [-0.3, -0.25) is 34.2 Å². The molecule has 0 radical (unpaired) electrons. The standard InChI is InChI=1S/C21H21Br2N3O7/c1-9-2-3-10(6-13(9)26(31)32)24-14(27)8-33-15(28)4-5-25-20(29)16-11-7-12(17(16)21(25)30)19(23)18(11)22/h2-3,6,11-12,16-19H,4-5,7-8H2,1H3,(H,24,27)/t11-,12-,16-,17-,18-,19+/m1/s1. The van der Waals surface area contributed by atoms with E-state index in [-0.39, 0.29) is 69.5 Å². The van der Waals surface area contributed by atoms with Crippen LogP contribution in [0.2, 0.25) is 0 Å². The van der Waals surface area contributed by atoms with Gasteiger partial charge in [-0.25, -0.2) is 0 Å². The average molecular weight is 587 g/mol. The van der Waals surface area contributed by atoms with Crippen LogP contribution in [0, 0.1) is 40.7 Å². The maximum Gasteiger partial charge on any atom is 0.308 e. The minimum atomic E-state index is -0.725. The number of aryl methyl sites for hydroxylation is 1. The number of nitrogens with one attached hydrogen (secondary N) is 1. The van der Waals surface area contributed by atoms with Crippen LogP contribution in [-0.4, -0.2) is 56.3 Å². The first kappa shape index (κ1) is 23.8. The molecule has 4 rings (SSSR count). The maximum atomic E-state index is 12.8. The molecule has 2 aliphatic carbocycles. The van der Waals surface area contributed by atoms with Gasteiger partial charge in [-0.15, -0.1) is 0 Å². The van der Waals surface area contributed by atoms with E-state index in [1.165, 1.54) is 18.2 Å². The summed E-state index contributed by atoms with van der Waals surface area (Å²) in [5, 5.41) is 13.4. The van der Waals surface area contributed by atoms with Crippen LogP contribution in [0.25, 0.3) is 0 Å². The van der Waals surface area contributed by atoms with Crippen molar-refractivity contribution in [3.05, 3.63) is 33.9 Å². The number of nitro groups is 1. The van der Waals surface area contributed by atoms with Gasteiger partial charge in [0.05, 0.1) is 23.2 Å². The van der Waals surface area contributed by atoms with E-state index >= 15 is 0 Å². The van der Waals surface area contributed by atoms with Gasteiger partial charge < -0.3 is 10.1 Å². The lowest BCUT2D eigenvalue weighted by molar-refractivity contribution is -0.385. The van der Waals surface area contributed by atoms with Crippen LogP contribution < -0.4 is 5.32 Å². The monoisotopic (exact) mass is 585 g/mol. The van der Waals surface area contributed by atoms with Gasteiger partial charge in [-0.05, 0) is 31.2 Å². The van der Waals surface area contributed by atoms with Crippen LogP contribution >= 0.6 is 31.9 Å². The van der Waals surface area contributed by atoms with E-state index in [2.05, 4.69) is 37.2 Å². The number of esters is 1. The molecule has 0 aromatic heterocycles. The second-order valence-corrected chi connectivity index (χ2v) is 10.7. The van der Waals surface area contributed by atoms with Crippen molar-refractivity contribution in [3.8, 4) is 0 Å². The van der Waals surface area contributed by atoms with E-state index in [1.54, 1.807) is 6.92 Å². The number of hydrogen-bond acceptors (Lipinski definition) is 7. The van der Waals surface area contributed by atoms with Gasteiger partial charge in [-0.2, -0.15) is 0 Å². The number of hydrogen-bond donors (Lipinski definition) is 1. The fourth-order valence-corrected chi connectivity index (χ4v) is 7.01. The molecule has 1 aromatic rings. The molecule has 33 heavy (non-hydrogen) atoms. The fourth-order valence-electron chi connectivity index (χ4n) is 5.13. The molecule has 1 aliphatic heterocycles. The smallest absolute Gasteiger partial charge is 0.308 e. The van der Waals surface area contributed by atoms with Crippen LogP contribution in [0.15, 0.2) is 18.2 Å². The molecule has 1 aromatic carbocycles. The molecule has 3 aliphatic rings. The minimum absolute atomic E-state index is 0.0887. The first-order valence-corrected chi connectivity index (χ1v) is 12.3. The van der Waals surface area contributed by atoms with Crippen molar-refractivity contribution in [1.29, 1.82) is 0 Å². The fraction of sp³-hybridized carbons (Fsp3) is 0.524. The van der Waals surface area contributed by atoms with E-state index in [1.807, 2.05) is 0 Å². The Labute approximate surface area is 205 Å². The molecule has 1 saturated heterocycles. The molecule has 0 unspecified atom stereocenters. The van der Waals surface area contributed by atoms with Crippen LogP contribution in [0.1, 0.15) is 18.4 Å². The third-order valence-electron chi connectivity index (χ3n) is 6.67. The summed E-state index contributed by atoms with van der Waals surface area (Å²) in [5.41, 5.74) is 0.518. The third kappa shape index (κ3) is 4.30. The van der Waals surface area contributed by atoms with Crippen LogP contribution in [0.5, 0.6) is 0 Å². The quantitative estimate of drug-likeness (QED) is 0.170. The van der Waals surface area contributed by atoms with Crippen molar-refractivity contribution < 1.29 is 28.8 Å². The molecular weight excluding hydrogens is 566 g/mol. The number of fused-ring (bicyclic) bond motifs is 5. The summed E-state index contributed by atoms with van der Waals surface area (Å²) in [6.45, 7) is 0.902. The summed E-state index contributed by atoms with van der Waals surface area (Å²) < 4.78 is 4.94. The summed E-state index contributed by atoms with van der Waals surface area (Å²) in [6, 6.07) is 4.23. The summed E-state index contributed by atoms with van der Waals surface area (Å²) in [7, 11) is 0. The number of amides is 3. The Morgan fingerprint density at radius 2 is 1.79 bits per heavy atom. The number of likely N-dealkylation sites (tertiary alicyclic amines) is 1. The maximum absolute atomic E-state index is 12.8. The predicted octanol–water partition coefficient (Wildman–Crippen LogP) is 2.55. The molecule has 6 atom stereocenters. The Morgan fingerprint density at radius 1 is 1.18 bits per heavy atom. The number of halogens is 2. The van der Waals surface area contributed by atoms with Gasteiger partial charge in [0, 0.05) is 33.5 Å². The lowest BCUT2D eigenvalue weighted by Crippen LogP contribution is -2.37. The van der Waals surface area contributed by atoms with Gasteiger partial charge >= 0.3 is 5.97 Å². The largest absolute Gasteiger partial charge is 0.456 e. The molecule has 2 saturated carbocycles. The van der Waals surface area contributed by atoms with Gasteiger partial charge in [0.15, 0.2) is 6.61 Å². The number of nitro benzene ring substituents is 1. The summed E-state index contributed by atoms with van der Waals surface area (Å²) in [6.07, 6.45) is 0.610. The van der Waals surface area contributed by atoms with Crippen molar-refractivity contribution in [1.82, 2.24) is 4.90 Å². The molecule has 1 N–H and O–H groups in total. The van der Waals surface area contributed by atoms with Gasteiger partial charge in [0.1, 0.15) is 0 Å². The normalized spacial score (nSPS) is 29.8. The Hall–Kier alpha value is -2.34. The highest BCUT2D eigenvalue weighted by atomic mass is 79.9. The molecular formula is C21H21Br2N3O7. The first-order valence-electron chi connectivity index (χ1n) is 10.4. The number of anilines is 1. The van der Waals surface area contributed by atoms with Crippen molar-refractivity contribution in [2.75, 3.05) is 18.5 Å². The van der Waals surface area contributed by atoms with E-state index in [4.69, 9.17) is 4.74 Å². The van der Waals surface area contributed by atoms with Crippen molar-refractivity contribution in [2.45, 2.75) is 29.4 Å². The zero-order valence-corrected chi connectivity index (χ0v) is 20.7. The molecule has 176 valence electrons. The first-order chi connectivity index (χ1) is 15.6. The van der Waals surface area contributed by atoms with E-state index in [0.717, 1.165) is 11.3 Å². The lowest BCUT2D eigenvalue weighted by Gasteiger charge is -2.28. The van der Waals surface area contributed by atoms with Gasteiger partial charge in [0.25, 0.3) is 11.6 Å². The third-order valence-corrected chi connectivity index (χ3v) is 9.88. The van der Waals surface area contributed by atoms with Crippen LogP contribution in [0.3, 0.4) is 0 Å². The Kier molecular flexibility index (Phi) is 6.59. The molecule has 3 amide bonds. The highest BCUT2D eigenvalue weighted by Crippen LogP contribution is 2.60. The molecule has 0 spiro atoms. The van der Waals surface area contributed by atoms with Crippen molar-refractivity contribution >= 4 is 66.9 Å². The highest BCUT2D eigenvalue weighted by molar-refractivity contribution is 9.12. The Balaban J connectivity index is 1.26. The zero-order chi connectivity index (χ0) is 24.0. The van der Waals surface area contributed by atoms with Crippen molar-refractivity contribution in [3.63, 3.8) is 0 Å². The van der Waals surface area contributed by atoms with E-state index in [9.17, 15) is 29.3 Å². The molecule has 12 heteroatoms. The van der Waals surface area contributed by atoms with Crippen LogP contribution in [0.4, 0.5) is 11.4 Å². The van der Waals surface area contributed by atoms with E-state index < -0.39 is 23.4 Å².